The number of unbranched alkanes of at least 4 members (excludes halogenated alkanes) is 10. The van der Waals surface area contributed by atoms with Gasteiger partial charge in [-0.05, 0) is 6.42 Å². The predicted octanol–water partition coefficient (Wildman–Crippen LogP) is 3.91. The Morgan fingerprint density at radius 2 is 0.933 bits per heavy atom. The van der Waals surface area contributed by atoms with Crippen molar-refractivity contribution in [2.75, 3.05) is 6.61 Å². The van der Waals surface area contributed by atoms with Crippen molar-refractivity contribution in [3.63, 3.8) is 0 Å². The SMILES string of the molecule is CCCCCCCCCCCCCO.[Na]. The quantitative estimate of drug-likeness (QED) is 0.416. The molecule has 0 aliphatic carbocycles. The largest absolute Gasteiger partial charge is 0.396 e. The Kier molecular flexibility index (Phi) is 21.2. The standard InChI is InChI=1S/C13H28O.Na/c1-2-3-4-5-6-7-8-9-10-11-12-13-14;/h14H,2-13H2,1H3;. The summed E-state index contributed by atoms with van der Waals surface area (Å²) in [7, 11) is 0. The molecule has 15 heavy (non-hydrogen) atoms. The van der Waals surface area contributed by atoms with Gasteiger partial charge in [-0.3, -0.25) is 0 Å². The molecule has 0 aromatic rings. The summed E-state index contributed by atoms with van der Waals surface area (Å²) in [5, 5.41) is 8.59. The van der Waals surface area contributed by atoms with Crippen LogP contribution in [0.3, 0.4) is 0 Å². The van der Waals surface area contributed by atoms with Crippen LogP contribution in [-0.4, -0.2) is 41.3 Å². The summed E-state index contributed by atoms with van der Waals surface area (Å²) in [6, 6.07) is 0. The van der Waals surface area contributed by atoms with Gasteiger partial charge in [-0.25, -0.2) is 0 Å². The molecule has 0 aromatic carbocycles. The van der Waals surface area contributed by atoms with Gasteiger partial charge in [-0.15, -0.1) is 0 Å². The molecule has 0 heterocycles. The molecule has 0 amide bonds. The van der Waals surface area contributed by atoms with E-state index in [-0.39, 0.29) is 29.6 Å². The molecule has 2 heteroatoms. The first-order chi connectivity index (χ1) is 6.91. The van der Waals surface area contributed by atoms with E-state index in [1.807, 2.05) is 0 Å². The molecule has 0 saturated heterocycles. The van der Waals surface area contributed by atoms with Crippen molar-refractivity contribution >= 4 is 29.6 Å². The van der Waals surface area contributed by atoms with Crippen LogP contribution < -0.4 is 0 Å². The van der Waals surface area contributed by atoms with E-state index in [0.29, 0.717) is 6.61 Å². The van der Waals surface area contributed by atoms with E-state index in [1.54, 1.807) is 0 Å². The molecule has 0 rings (SSSR count). The van der Waals surface area contributed by atoms with Crippen LogP contribution in [0.2, 0.25) is 0 Å². The topological polar surface area (TPSA) is 20.2 Å². The van der Waals surface area contributed by atoms with Gasteiger partial charge >= 0.3 is 0 Å². The Balaban J connectivity index is 0. The van der Waals surface area contributed by atoms with Crippen molar-refractivity contribution in [2.45, 2.75) is 77.6 Å². The second-order valence-corrected chi connectivity index (χ2v) is 4.26. The molecule has 1 N–H and O–H groups in total. The minimum absolute atomic E-state index is 0. The van der Waals surface area contributed by atoms with E-state index in [1.165, 1.54) is 64.2 Å². The summed E-state index contributed by atoms with van der Waals surface area (Å²) >= 11 is 0. The van der Waals surface area contributed by atoms with Gasteiger partial charge in [-0.2, -0.15) is 0 Å². The minimum Gasteiger partial charge on any atom is -0.396 e. The third-order valence-corrected chi connectivity index (χ3v) is 2.76. The Bertz CT molecular complexity index is 84.5. The fraction of sp³-hybridized carbons (Fsp3) is 1.00. The molecule has 0 aromatic heterocycles. The van der Waals surface area contributed by atoms with Crippen molar-refractivity contribution in [3.05, 3.63) is 0 Å². The molecule has 0 unspecified atom stereocenters. The van der Waals surface area contributed by atoms with E-state index >= 15 is 0 Å². The van der Waals surface area contributed by atoms with E-state index in [4.69, 9.17) is 5.11 Å². The molecule has 0 aliphatic rings. The van der Waals surface area contributed by atoms with Gasteiger partial charge < -0.3 is 5.11 Å². The molecule has 0 spiro atoms. The van der Waals surface area contributed by atoms with E-state index < -0.39 is 0 Å². The average molecular weight is 223 g/mol. The maximum Gasteiger partial charge on any atom is 0.0431 e. The first kappa shape index (κ1) is 18.3. The number of rotatable bonds is 11. The second kappa shape index (κ2) is 17.4. The normalized spacial score (nSPS) is 10.0. The zero-order valence-electron chi connectivity index (χ0n) is 10.9. The number of aliphatic hydroxyl groups is 1. The maximum atomic E-state index is 8.59. The van der Waals surface area contributed by atoms with Gasteiger partial charge in [0.1, 0.15) is 0 Å². The Labute approximate surface area is 118 Å². The van der Waals surface area contributed by atoms with Crippen LogP contribution in [0.5, 0.6) is 0 Å². The molecular formula is C13H28NaO. The fourth-order valence-electron chi connectivity index (χ4n) is 1.78. The van der Waals surface area contributed by atoms with E-state index in [9.17, 15) is 0 Å². The number of hydrogen-bond acceptors (Lipinski definition) is 1. The maximum absolute atomic E-state index is 8.59. The van der Waals surface area contributed by atoms with Crippen LogP contribution in [0, 0.1) is 0 Å². The molecule has 0 fully saturated rings. The molecule has 0 bridgehead atoms. The van der Waals surface area contributed by atoms with E-state index in [2.05, 4.69) is 6.92 Å². The van der Waals surface area contributed by atoms with Gasteiger partial charge in [0.2, 0.25) is 0 Å². The molecule has 0 aliphatic heterocycles. The van der Waals surface area contributed by atoms with Gasteiger partial charge in [-0.1, -0.05) is 71.1 Å². The summed E-state index contributed by atoms with van der Waals surface area (Å²) in [6.07, 6.45) is 14.8. The van der Waals surface area contributed by atoms with Gasteiger partial charge in [0.05, 0.1) is 0 Å². The van der Waals surface area contributed by atoms with Crippen molar-refractivity contribution in [1.82, 2.24) is 0 Å². The summed E-state index contributed by atoms with van der Waals surface area (Å²) in [5.41, 5.74) is 0. The molecule has 0 atom stereocenters. The smallest absolute Gasteiger partial charge is 0.0431 e. The van der Waals surface area contributed by atoms with Crippen LogP contribution >= 0.6 is 0 Å². The average Bonchev–Trinajstić information content (AvgIpc) is 2.21. The monoisotopic (exact) mass is 223 g/mol. The van der Waals surface area contributed by atoms with Crippen molar-refractivity contribution < 1.29 is 5.11 Å². The first-order valence-corrected chi connectivity index (χ1v) is 6.52. The zero-order chi connectivity index (χ0) is 10.5. The Morgan fingerprint density at radius 3 is 1.27 bits per heavy atom. The molecular weight excluding hydrogens is 195 g/mol. The second-order valence-electron chi connectivity index (χ2n) is 4.26. The van der Waals surface area contributed by atoms with Crippen LogP contribution in [0.15, 0.2) is 0 Å². The summed E-state index contributed by atoms with van der Waals surface area (Å²) < 4.78 is 0. The van der Waals surface area contributed by atoms with Gasteiger partial charge in [0, 0.05) is 36.2 Å². The number of hydrogen-bond donors (Lipinski definition) is 1. The summed E-state index contributed by atoms with van der Waals surface area (Å²) in [4.78, 5) is 0. The van der Waals surface area contributed by atoms with Crippen LogP contribution in [0.4, 0.5) is 0 Å². The summed E-state index contributed by atoms with van der Waals surface area (Å²) in [6.45, 7) is 2.64. The van der Waals surface area contributed by atoms with Crippen molar-refractivity contribution in [3.8, 4) is 0 Å². The van der Waals surface area contributed by atoms with Crippen LogP contribution in [-0.2, 0) is 0 Å². The molecule has 0 saturated carbocycles. The van der Waals surface area contributed by atoms with Gasteiger partial charge in [0.15, 0.2) is 0 Å². The molecule has 87 valence electrons. The summed E-state index contributed by atoms with van der Waals surface area (Å²) in [5.74, 6) is 0. The Morgan fingerprint density at radius 1 is 0.600 bits per heavy atom. The predicted molar refractivity (Wildman–Crippen MR) is 69.3 cm³/mol. The molecule has 1 radical (unpaired) electrons. The van der Waals surface area contributed by atoms with Gasteiger partial charge in [0.25, 0.3) is 0 Å². The number of aliphatic hydroxyl groups excluding tert-OH is 1. The zero-order valence-corrected chi connectivity index (χ0v) is 12.9. The minimum atomic E-state index is 0. The van der Waals surface area contributed by atoms with E-state index in [0.717, 1.165) is 6.42 Å². The first-order valence-electron chi connectivity index (χ1n) is 6.52. The van der Waals surface area contributed by atoms with Crippen LogP contribution in [0.25, 0.3) is 0 Å². The Hall–Kier alpha value is 0.960. The van der Waals surface area contributed by atoms with Crippen LogP contribution in [0.1, 0.15) is 77.6 Å². The molecule has 1 nitrogen and oxygen atoms in total. The van der Waals surface area contributed by atoms with Crippen molar-refractivity contribution in [1.29, 1.82) is 0 Å². The third kappa shape index (κ3) is 17.6. The van der Waals surface area contributed by atoms with Crippen molar-refractivity contribution in [2.24, 2.45) is 0 Å². The third-order valence-electron chi connectivity index (χ3n) is 2.76. The fourth-order valence-corrected chi connectivity index (χ4v) is 1.78.